The van der Waals surface area contributed by atoms with E-state index in [2.05, 4.69) is 16.0 Å². The van der Waals surface area contributed by atoms with Gasteiger partial charge in [0.25, 0.3) is 5.91 Å². The summed E-state index contributed by atoms with van der Waals surface area (Å²) in [6.45, 7) is 0.380. The standard InChI is InChI=1S/C19H17N3O3/c23-18(17-7-4-12-25-17)21-16-10-8-14(9-11-16)13-20-19(24)22-15-5-2-1-3-6-15/h1-12H,13H2,(H,21,23)(H2,20,22,24). The minimum Gasteiger partial charge on any atom is -0.459 e. The van der Waals surface area contributed by atoms with Crippen molar-refractivity contribution in [3.05, 3.63) is 84.3 Å². The van der Waals surface area contributed by atoms with Crippen molar-refractivity contribution in [3.63, 3.8) is 0 Å². The Bertz CT molecular complexity index is 828. The summed E-state index contributed by atoms with van der Waals surface area (Å²) in [6, 6.07) is 19.4. The molecule has 2 aromatic carbocycles. The molecule has 1 heterocycles. The third-order valence-corrected chi connectivity index (χ3v) is 3.44. The van der Waals surface area contributed by atoms with Gasteiger partial charge < -0.3 is 20.4 Å². The second kappa shape index (κ2) is 7.83. The fourth-order valence-electron chi connectivity index (χ4n) is 2.19. The lowest BCUT2D eigenvalue weighted by atomic mass is 10.2. The number of benzene rings is 2. The molecule has 0 unspecified atom stereocenters. The topological polar surface area (TPSA) is 83.4 Å². The first-order chi connectivity index (χ1) is 12.2. The summed E-state index contributed by atoms with van der Waals surface area (Å²) in [7, 11) is 0. The van der Waals surface area contributed by atoms with Gasteiger partial charge in [-0.1, -0.05) is 30.3 Å². The average molecular weight is 335 g/mol. The first-order valence-electron chi connectivity index (χ1n) is 7.74. The van der Waals surface area contributed by atoms with Crippen molar-refractivity contribution in [3.8, 4) is 0 Å². The molecule has 3 amide bonds. The predicted octanol–water partition coefficient (Wildman–Crippen LogP) is 3.85. The highest BCUT2D eigenvalue weighted by Crippen LogP contribution is 2.12. The molecule has 0 radical (unpaired) electrons. The van der Waals surface area contributed by atoms with Crippen molar-refractivity contribution in [1.82, 2.24) is 5.32 Å². The van der Waals surface area contributed by atoms with Gasteiger partial charge in [0.1, 0.15) is 0 Å². The summed E-state index contributed by atoms with van der Waals surface area (Å²) >= 11 is 0. The highest BCUT2D eigenvalue weighted by atomic mass is 16.3. The maximum absolute atomic E-state index is 11.9. The number of urea groups is 1. The number of nitrogens with one attached hydrogen (secondary N) is 3. The summed E-state index contributed by atoms with van der Waals surface area (Å²) in [4.78, 5) is 23.7. The highest BCUT2D eigenvalue weighted by Gasteiger charge is 2.08. The summed E-state index contributed by atoms with van der Waals surface area (Å²) < 4.78 is 5.04. The van der Waals surface area contributed by atoms with Gasteiger partial charge in [-0.05, 0) is 42.0 Å². The number of furan rings is 1. The van der Waals surface area contributed by atoms with E-state index in [9.17, 15) is 9.59 Å². The Labute approximate surface area is 144 Å². The molecule has 3 aromatic rings. The van der Waals surface area contributed by atoms with Crippen LogP contribution in [-0.4, -0.2) is 11.9 Å². The van der Waals surface area contributed by atoms with Crippen LogP contribution in [0, 0.1) is 0 Å². The Hall–Kier alpha value is -3.54. The van der Waals surface area contributed by atoms with Crippen molar-refractivity contribution < 1.29 is 14.0 Å². The largest absolute Gasteiger partial charge is 0.459 e. The molecule has 126 valence electrons. The fourth-order valence-corrected chi connectivity index (χ4v) is 2.19. The van der Waals surface area contributed by atoms with Crippen molar-refractivity contribution in [1.29, 1.82) is 0 Å². The maximum atomic E-state index is 11.9. The van der Waals surface area contributed by atoms with Crippen molar-refractivity contribution in [2.24, 2.45) is 0 Å². The summed E-state index contributed by atoms with van der Waals surface area (Å²) in [5, 5.41) is 8.26. The second-order valence-electron chi connectivity index (χ2n) is 5.30. The van der Waals surface area contributed by atoms with E-state index in [0.717, 1.165) is 11.3 Å². The van der Waals surface area contributed by atoms with Crippen LogP contribution >= 0.6 is 0 Å². The number of rotatable bonds is 5. The number of carbonyl (C=O) groups is 2. The number of carbonyl (C=O) groups excluding carboxylic acids is 2. The van der Waals surface area contributed by atoms with Crippen LogP contribution in [0.5, 0.6) is 0 Å². The second-order valence-corrected chi connectivity index (χ2v) is 5.30. The van der Waals surface area contributed by atoms with Gasteiger partial charge in [0.05, 0.1) is 6.26 Å². The molecular weight excluding hydrogens is 318 g/mol. The molecule has 0 bridgehead atoms. The van der Waals surface area contributed by atoms with Gasteiger partial charge in [-0.2, -0.15) is 0 Å². The number of hydrogen-bond donors (Lipinski definition) is 3. The van der Waals surface area contributed by atoms with E-state index in [1.807, 2.05) is 42.5 Å². The van der Waals surface area contributed by atoms with E-state index < -0.39 is 0 Å². The molecule has 1 aromatic heterocycles. The van der Waals surface area contributed by atoms with E-state index in [1.54, 1.807) is 24.3 Å². The molecule has 0 aliphatic carbocycles. The van der Waals surface area contributed by atoms with Gasteiger partial charge in [0.2, 0.25) is 0 Å². The molecule has 0 aliphatic rings. The molecule has 0 spiro atoms. The molecule has 0 atom stereocenters. The van der Waals surface area contributed by atoms with Crippen molar-refractivity contribution in [2.75, 3.05) is 10.6 Å². The predicted molar refractivity (Wildman–Crippen MR) is 95.4 cm³/mol. The van der Waals surface area contributed by atoms with Crippen LogP contribution in [0.15, 0.2) is 77.4 Å². The molecule has 6 heteroatoms. The van der Waals surface area contributed by atoms with Crippen LogP contribution in [0.4, 0.5) is 16.2 Å². The van der Waals surface area contributed by atoms with Gasteiger partial charge in [-0.25, -0.2) is 4.79 Å². The van der Waals surface area contributed by atoms with Gasteiger partial charge in [-0.15, -0.1) is 0 Å². The van der Waals surface area contributed by atoms with Crippen LogP contribution in [0.1, 0.15) is 16.1 Å². The third-order valence-electron chi connectivity index (χ3n) is 3.44. The smallest absolute Gasteiger partial charge is 0.319 e. The Morgan fingerprint density at radius 2 is 1.52 bits per heavy atom. The van der Waals surface area contributed by atoms with Gasteiger partial charge in [0, 0.05) is 17.9 Å². The zero-order valence-corrected chi connectivity index (χ0v) is 13.4. The number of amides is 3. The molecule has 3 rings (SSSR count). The minimum atomic E-state index is -0.307. The van der Waals surface area contributed by atoms with E-state index in [0.29, 0.717) is 12.2 Å². The molecule has 25 heavy (non-hydrogen) atoms. The Morgan fingerprint density at radius 1 is 0.800 bits per heavy atom. The van der Waals surface area contributed by atoms with Gasteiger partial charge in [-0.3, -0.25) is 4.79 Å². The average Bonchev–Trinajstić information content (AvgIpc) is 3.17. The lowest BCUT2D eigenvalue weighted by molar-refractivity contribution is 0.0996. The Morgan fingerprint density at radius 3 is 2.20 bits per heavy atom. The molecule has 0 aliphatic heterocycles. The molecule has 0 fully saturated rings. The van der Waals surface area contributed by atoms with Crippen LogP contribution in [-0.2, 0) is 6.54 Å². The number of anilines is 2. The lowest BCUT2D eigenvalue weighted by Gasteiger charge is -2.08. The molecular formula is C19H17N3O3. The van der Waals surface area contributed by atoms with Gasteiger partial charge in [0.15, 0.2) is 5.76 Å². The lowest BCUT2D eigenvalue weighted by Crippen LogP contribution is -2.28. The molecule has 0 saturated heterocycles. The van der Waals surface area contributed by atoms with E-state index in [-0.39, 0.29) is 17.7 Å². The maximum Gasteiger partial charge on any atom is 0.319 e. The summed E-state index contributed by atoms with van der Waals surface area (Å²) in [5.41, 5.74) is 2.30. The fraction of sp³-hybridized carbons (Fsp3) is 0.0526. The van der Waals surface area contributed by atoms with Crippen LogP contribution in [0.25, 0.3) is 0 Å². The minimum absolute atomic E-state index is 0.253. The zero-order valence-electron chi connectivity index (χ0n) is 13.4. The third kappa shape index (κ3) is 4.71. The zero-order chi connectivity index (χ0) is 17.5. The summed E-state index contributed by atoms with van der Waals surface area (Å²) in [6.07, 6.45) is 1.45. The number of hydrogen-bond acceptors (Lipinski definition) is 3. The van der Waals surface area contributed by atoms with Gasteiger partial charge >= 0.3 is 6.03 Å². The van der Waals surface area contributed by atoms with Crippen LogP contribution < -0.4 is 16.0 Å². The first-order valence-corrected chi connectivity index (χ1v) is 7.74. The van der Waals surface area contributed by atoms with Crippen molar-refractivity contribution in [2.45, 2.75) is 6.54 Å². The summed E-state index contributed by atoms with van der Waals surface area (Å²) in [5.74, 6) is -0.0542. The van der Waals surface area contributed by atoms with Crippen LogP contribution in [0.2, 0.25) is 0 Å². The monoisotopic (exact) mass is 335 g/mol. The Balaban J connectivity index is 1.49. The SMILES string of the molecule is O=C(NCc1ccc(NC(=O)c2ccco2)cc1)Nc1ccccc1. The molecule has 6 nitrogen and oxygen atoms in total. The highest BCUT2D eigenvalue weighted by molar-refractivity contribution is 6.02. The van der Waals surface area contributed by atoms with Crippen LogP contribution in [0.3, 0.4) is 0 Å². The molecule has 0 saturated carbocycles. The normalized spacial score (nSPS) is 10.1. The first kappa shape index (κ1) is 16.3. The van der Waals surface area contributed by atoms with E-state index >= 15 is 0 Å². The Kier molecular flexibility index (Phi) is 5.11. The van der Waals surface area contributed by atoms with Crippen molar-refractivity contribution >= 4 is 23.3 Å². The molecule has 3 N–H and O–H groups in total. The number of para-hydroxylation sites is 1. The van der Waals surface area contributed by atoms with E-state index in [4.69, 9.17) is 4.42 Å². The quantitative estimate of drug-likeness (QED) is 0.662. The van der Waals surface area contributed by atoms with E-state index in [1.165, 1.54) is 6.26 Å².